The van der Waals surface area contributed by atoms with E-state index in [-0.39, 0.29) is 5.78 Å². The minimum Gasteiger partial charge on any atom is -0.496 e. The van der Waals surface area contributed by atoms with Crippen molar-refractivity contribution < 1.29 is 9.53 Å². The third kappa shape index (κ3) is 3.43. The maximum atomic E-state index is 11.7. The molecule has 0 radical (unpaired) electrons. The van der Waals surface area contributed by atoms with Crippen molar-refractivity contribution in [1.29, 1.82) is 0 Å². The molecule has 0 aliphatic heterocycles. The van der Waals surface area contributed by atoms with Gasteiger partial charge in [-0.15, -0.1) is 0 Å². The van der Waals surface area contributed by atoms with Crippen molar-refractivity contribution in [1.82, 2.24) is 0 Å². The molecule has 1 rings (SSSR count). The Hall–Kier alpha value is -1.75. The molecule has 0 unspecified atom stereocenters. The van der Waals surface area contributed by atoms with Crippen LogP contribution in [0.5, 0.6) is 5.75 Å². The number of Topliss-reactive ketones (excluding diaryl/α,β-unsaturated/α-hetero) is 1. The van der Waals surface area contributed by atoms with Crippen molar-refractivity contribution in [2.45, 2.75) is 26.2 Å². The van der Waals surface area contributed by atoms with Gasteiger partial charge >= 0.3 is 0 Å². The molecule has 0 saturated heterocycles. The number of benzene rings is 1. The van der Waals surface area contributed by atoms with Crippen LogP contribution in [0.3, 0.4) is 0 Å². The third-order valence-electron chi connectivity index (χ3n) is 2.21. The van der Waals surface area contributed by atoms with Gasteiger partial charge in [0.25, 0.3) is 0 Å². The lowest BCUT2D eigenvalue weighted by Crippen LogP contribution is -1.98. The van der Waals surface area contributed by atoms with E-state index >= 15 is 0 Å². The molecular weight excluding hydrogens is 200 g/mol. The number of para-hydroxylation sites is 1. The Morgan fingerprint density at radius 1 is 1.38 bits per heavy atom. The highest BCUT2D eigenvalue weighted by Gasteiger charge is 2.07. The molecule has 0 heterocycles. The lowest BCUT2D eigenvalue weighted by molar-refractivity contribution is 0.105. The van der Waals surface area contributed by atoms with E-state index in [2.05, 4.69) is 18.8 Å². The monoisotopic (exact) mass is 216 g/mol. The van der Waals surface area contributed by atoms with Crippen LogP contribution in [0, 0.1) is 11.8 Å². The van der Waals surface area contributed by atoms with Crippen molar-refractivity contribution in [3.05, 3.63) is 29.8 Å². The first-order chi connectivity index (χ1) is 7.79. The van der Waals surface area contributed by atoms with Crippen LogP contribution in [0.15, 0.2) is 24.3 Å². The number of carbonyl (C=O) groups excluding carboxylic acids is 1. The number of hydrogen-bond donors (Lipinski definition) is 0. The first kappa shape index (κ1) is 12.3. The lowest BCUT2D eigenvalue weighted by atomic mass is 10.1. The molecule has 0 atom stereocenters. The number of unbranched alkanes of at least 4 members (excludes halogenated alkanes) is 2. The predicted molar refractivity (Wildman–Crippen MR) is 64.6 cm³/mol. The Bertz CT molecular complexity index is 410. The molecule has 0 aromatic heterocycles. The number of carbonyl (C=O) groups is 1. The van der Waals surface area contributed by atoms with Crippen LogP contribution in [0.25, 0.3) is 0 Å². The lowest BCUT2D eigenvalue weighted by Gasteiger charge is -2.02. The van der Waals surface area contributed by atoms with Crippen LogP contribution in [-0.4, -0.2) is 12.9 Å². The predicted octanol–water partition coefficient (Wildman–Crippen LogP) is 3.07. The molecule has 84 valence electrons. The summed E-state index contributed by atoms with van der Waals surface area (Å²) in [6.45, 7) is 2.10. The summed E-state index contributed by atoms with van der Waals surface area (Å²) < 4.78 is 5.11. The second-order valence-corrected chi connectivity index (χ2v) is 3.43. The summed E-state index contributed by atoms with van der Waals surface area (Å²) in [5.74, 6) is 5.93. The Morgan fingerprint density at radius 3 is 2.81 bits per heavy atom. The van der Waals surface area contributed by atoms with E-state index in [4.69, 9.17) is 4.74 Å². The Labute approximate surface area is 96.6 Å². The minimum atomic E-state index is -0.173. The van der Waals surface area contributed by atoms with Crippen molar-refractivity contribution in [2.75, 3.05) is 7.11 Å². The first-order valence-electron chi connectivity index (χ1n) is 5.45. The van der Waals surface area contributed by atoms with Gasteiger partial charge in [0.2, 0.25) is 5.78 Å². The van der Waals surface area contributed by atoms with Crippen LogP contribution in [0.1, 0.15) is 36.5 Å². The van der Waals surface area contributed by atoms with E-state index < -0.39 is 0 Å². The van der Waals surface area contributed by atoms with Crippen molar-refractivity contribution >= 4 is 5.78 Å². The van der Waals surface area contributed by atoms with Gasteiger partial charge in [0, 0.05) is 6.42 Å². The average Bonchev–Trinajstić information content (AvgIpc) is 2.34. The quantitative estimate of drug-likeness (QED) is 0.334. The topological polar surface area (TPSA) is 26.3 Å². The fourth-order valence-electron chi connectivity index (χ4n) is 1.31. The van der Waals surface area contributed by atoms with Gasteiger partial charge in [-0.05, 0) is 24.5 Å². The maximum absolute atomic E-state index is 11.7. The van der Waals surface area contributed by atoms with Gasteiger partial charge in [-0.1, -0.05) is 31.4 Å². The highest BCUT2D eigenvalue weighted by atomic mass is 16.5. The van der Waals surface area contributed by atoms with Crippen LogP contribution in [0.2, 0.25) is 0 Å². The van der Waals surface area contributed by atoms with E-state index in [1.54, 1.807) is 19.2 Å². The normalized spacial score (nSPS) is 9.12. The van der Waals surface area contributed by atoms with Gasteiger partial charge in [-0.25, -0.2) is 0 Å². The zero-order chi connectivity index (χ0) is 11.8. The van der Waals surface area contributed by atoms with Crippen LogP contribution >= 0.6 is 0 Å². The number of rotatable bonds is 4. The fraction of sp³-hybridized carbons (Fsp3) is 0.357. The molecule has 0 bridgehead atoms. The van der Waals surface area contributed by atoms with Crippen molar-refractivity contribution in [2.24, 2.45) is 0 Å². The van der Waals surface area contributed by atoms with Crippen LogP contribution in [0.4, 0.5) is 0 Å². The third-order valence-corrected chi connectivity index (χ3v) is 2.21. The first-order valence-corrected chi connectivity index (χ1v) is 5.45. The SMILES string of the molecule is CCCCC#CC(=O)c1ccccc1OC. The Kier molecular flexibility index (Phi) is 5.15. The second-order valence-electron chi connectivity index (χ2n) is 3.43. The second kappa shape index (κ2) is 6.68. The molecule has 2 heteroatoms. The average molecular weight is 216 g/mol. The molecule has 0 N–H and O–H groups in total. The molecule has 0 amide bonds. The van der Waals surface area contributed by atoms with E-state index in [0.717, 1.165) is 19.3 Å². The summed E-state index contributed by atoms with van der Waals surface area (Å²) in [5.41, 5.74) is 0.536. The van der Waals surface area contributed by atoms with Gasteiger partial charge in [-0.2, -0.15) is 0 Å². The van der Waals surface area contributed by atoms with Crippen molar-refractivity contribution in [3.63, 3.8) is 0 Å². The zero-order valence-corrected chi connectivity index (χ0v) is 9.75. The molecule has 0 aliphatic rings. The standard InChI is InChI=1S/C14H16O2/c1-3-4-5-6-10-13(15)12-9-7-8-11-14(12)16-2/h7-9,11H,3-5H2,1-2H3. The van der Waals surface area contributed by atoms with Gasteiger partial charge in [-0.3, -0.25) is 4.79 Å². The van der Waals surface area contributed by atoms with Crippen LogP contribution < -0.4 is 4.74 Å². The molecule has 0 spiro atoms. The van der Waals surface area contributed by atoms with E-state index in [1.807, 2.05) is 12.1 Å². The summed E-state index contributed by atoms with van der Waals surface area (Å²) >= 11 is 0. The van der Waals surface area contributed by atoms with E-state index in [9.17, 15) is 4.79 Å². The van der Waals surface area contributed by atoms with Gasteiger partial charge in [0.1, 0.15) is 5.75 Å². The largest absolute Gasteiger partial charge is 0.496 e. The summed E-state index contributed by atoms with van der Waals surface area (Å²) in [5, 5.41) is 0. The number of hydrogen-bond acceptors (Lipinski definition) is 2. The molecule has 1 aromatic rings. The summed E-state index contributed by atoms with van der Waals surface area (Å²) in [4.78, 5) is 11.7. The van der Waals surface area contributed by atoms with Crippen LogP contribution in [-0.2, 0) is 0 Å². The van der Waals surface area contributed by atoms with Gasteiger partial charge < -0.3 is 4.74 Å². The summed E-state index contributed by atoms with van der Waals surface area (Å²) in [6, 6.07) is 7.14. The Balaban J connectivity index is 2.75. The number of ketones is 1. The minimum absolute atomic E-state index is 0.173. The van der Waals surface area contributed by atoms with Gasteiger partial charge in [0.05, 0.1) is 12.7 Å². The van der Waals surface area contributed by atoms with E-state index in [1.165, 1.54) is 0 Å². The summed E-state index contributed by atoms with van der Waals surface area (Å²) in [7, 11) is 1.55. The zero-order valence-electron chi connectivity index (χ0n) is 9.75. The Morgan fingerprint density at radius 2 is 2.12 bits per heavy atom. The molecule has 1 aromatic carbocycles. The number of methoxy groups -OCH3 is 1. The molecule has 0 saturated carbocycles. The fourth-order valence-corrected chi connectivity index (χ4v) is 1.31. The summed E-state index contributed by atoms with van der Waals surface area (Å²) in [6.07, 6.45) is 2.90. The number of ether oxygens (including phenoxy) is 1. The smallest absolute Gasteiger partial charge is 0.239 e. The van der Waals surface area contributed by atoms with E-state index in [0.29, 0.717) is 11.3 Å². The molecular formula is C14H16O2. The highest BCUT2D eigenvalue weighted by Crippen LogP contribution is 2.17. The molecule has 16 heavy (non-hydrogen) atoms. The maximum Gasteiger partial charge on any atom is 0.239 e. The van der Waals surface area contributed by atoms with Gasteiger partial charge in [0.15, 0.2) is 0 Å². The molecule has 2 nitrogen and oxygen atoms in total. The van der Waals surface area contributed by atoms with Crippen molar-refractivity contribution in [3.8, 4) is 17.6 Å². The highest BCUT2D eigenvalue weighted by molar-refractivity contribution is 6.10. The molecule has 0 aliphatic carbocycles. The molecule has 0 fully saturated rings.